The summed E-state index contributed by atoms with van der Waals surface area (Å²) < 4.78 is 14.4. The summed E-state index contributed by atoms with van der Waals surface area (Å²) in [5, 5.41) is 13.5. The van der Waals surface area contributed by atoms with Crippen molar-refractivity contribution in [3.05, 3.63) is 29.6 Å². The Bertz CT molecular complexity index is 490. The summed E-state index contributed by atoms with van der Waals surface area (Å²) in [4.78, 5) is 1.91. The topological polar surface area (TPSA) is 35.5 Å². The lowest BCUT2D eigenvalue weighted by Crippen LogP contribution is -2.43. The standard InChI is InChI=1S/C17H25FN2O/c1-20(16-4-2-3-5-17(16)21)15-9-6-12(10-14(15)18)11-19-13-7-8-13/h6,9-10,13,16-17,19,21H,2-5,7-8,11H2,1H3. The maximum Gasteiger partial charge on any atom is 0.146 e. The molecule has 2 unspecified atom stereocenters. The van der Waals surface area contributed by atoms with Gasteiger partial charge in [-0.3, -0.25) is 0 Å². The van der Waals surface area contributed by atoms with Crippen LogP contribution in [-0.4, -0.2) is 30.3 Å². The number of nitrogens with one attached hydrogen (secondary N) is 1. The summed E-state index contributed by atoms with van der Waals surface area (Å²) in [5.74, 6) is -0.189. The van der Waals surface area contributed by atoms with E-state index >= 15 is 0 Å². The van der Waals surface area contributed by atoms with Crippen LogP contribution in [0.2, 0.25) is 0 Å². The average molecular weight is 292 g/mol. The third-order valence-corrected chi connectivity index (χ3v) is 4.76. The van der Waals surface area contributed by atoms with Gasteiger partial charge in [0.1, 0.15) is 5.82 Å². The van der Waals surface area contributed by atoms with Crippen LogP contribution in [0.1, 0.15) is 44.1 Å². The minimum absolute atomic E-state index is 0.0312. The lowest BCUT2D eigenvalue weighted by atomic mass is 9.91. The smallest absolute Gasteiger partial charge is 0.146 e. The first-order valence-electron chi connectivity index (χ1n) is 8.08. The summed E-state index contributed by atoms with van der Waals surface area (Å²) in [6.07, 6.45) is 6.06. The Labute approximate surface area is 126 Å². The fourth-order valence-electron chi connectivity index (χ4n) is 3.22. The zero-order valence-corrected chi connectivity index (χ0v) is 12.7. The number of rotatable bonds is 5. The largest absolute Gasteiger partial charge is 0.391 e. The molecule has 4 heteroatoms. The van der Waals surface area contributed by atoms with Crippen LogP contribution in [0.3, 0.4) is 0 Å². The van der Waals surface area contributed by atoms with Crippen molar-refractivity contribution in [3.63, 3.8) is 0 Å². The molecule has 2 N–H and O–H groups in total. The van der Waals surface area contributed by atoms with E-state index < -0.39 is 0 Å². The van der Waals surface area contributed by atoms with Crippen molar-refractivity contribution in [2.45, 2.75) is 63.3 Å². The van der Waals surface area contributed by atoms with E-state index in [0.717, 1.165) is 37.8 Å². The molecule has 2 atom stereocenters. The zero-order chi connectivity index (χ0) is 14.8. The Balaban J connectivity index is 1.68. The lowest BCUT2D eigenvalue weighted by molar-refractivity contribution is 0.106. The van der Waals surface area contributed by atoms with E-state index in [1.807, 2.05) is 24.1 Å². The van der Waals surface area contributed by atoms with Gasteiger partial charge in [-0.2, -0.15) is 0 Å². The number of anilines is 1. The van der Waals surface area contributed by atoms with E-state index in [0.29, 0.717) is 11.7 Å². The second-order valence-electron chi connectivity index (χ2n) is 6.47. The predicted molar refractivity (Wildman–Crippen MR) is 82.9 cm³/mol. The Kier molecular flexibility index (Phi) is 4.45. The van der Waals surface area contributed by atoms with Crippen molar-refractivity contribution in [2.24, 2.45) is 0 Å². The van der Waals surface area contributed by atoms with Gasteiger partial charge in [0.05, 0.1) is 17.8 Å². The molecule has 2 fully saturated rings. The number of hydrogen-bond acceptors (Lipinski definition) is 3. The lowest BCUT2D eigenvalue weighted by Gasteiger charge is -2.36. The van der Waals surface area contributed by atoms with Gasteiger partial charge < -0.3 is 15.3 Å². The van der Waals surface area contributed by atoms with Gasteiger partial charge >= 0.3 is 0 Å². The quantitative estimate of drug-likeness (QED) is 0.876. The second kappa shape index (κ2) is 6.32. The highest BCUT2D eigenvalue weighted by Gasteiger charge is 2.28. The molecule has 2 aliphatic carbocycles. The van der Waals surface area contributed by atoms with Gasteiger partial charge in [-0.05, 0) is 43.4 Å². The third-order valence-electron chi connectivity index (χ3n) is 4.76. The summed E-state index contributed by atoms with van der Waals surface area (Å²) in [7, 11) is 1.89. The molecule has 0 saturated heterocycles. The molecule has 3 nitrogen and oxygen atoms in total. The van der Waals surface area contributed by atoms with Crippen LogP contribution in [0.25, 0.3) is 0 Å². The first-order chi connectivity index (χ1) is 10.1. The third kappa shape index (κ3) is 3.55. The van der Waals surface area contributed by atoms with Gasteiger partial charge in [0.15, 0.2) is 0 Å². The highest BCUT2D eigenvalue weighted by atomic mass is 19.1. The van der Waals surface area contributed by atoms with Crippen LogP contribution >= 0.6 is 0 Å². The number of aliphatic hydroxyl groups is 1. The summed E-state index contributed by atoms with van der Waals surface area (Å²) in [5.41, 5.74) is 1.58. The number of aliphatic hydroxyl groups excluding tert-OH is 1. The summed E-state index contributed by atoms with van der Waals surface area (Å²) >= 11 is 0. The minimum atomic E-state index is -0.348. The van der Waals surface area contributed by atoms with E-state index in [1.165, 1.54) is 12.8 Å². The van der Waals surface area contributed by atoms with Crippen molar-refractivity contribution in [1.82, 2.24) is 5.32 Å². The van der Waals surface area contributed by atoms with E-state index in [1.54, 1.807) is 6.07 Å². The second-order valence-corrected chi connectivity index (χ2v) is 6.47. The van der Waals surface area contributed by atoms with Gasteiger partial charge in [-0.1, -0.05) is 18.9 Å². The maximum absolute atomic E-state index is 14.4. The molecule has 0 spiro atoms. The molecule has 21 heavy (non-hydrogen) atoms. The Morgan fingerprint density at radius 1 is 1.24 bits per heavy atom. The van der Waals surface area contributed by atoms with Gasteiger partial charge in [-0.15, -0.1) is 0 Å². The highest BCUT2D eigenvalue weighted by Crippen LogP contribution is 2.29. The van der Waals surface area contributed by atoms with E-state index in [-0.39, 0.29) is 18.0 Å². The normalized spacial score (nSPS) is 25.9. The highest BCUT2D eigenvalue weighted by molar-refractivity contribution is 5.49. The number of halogens is 1. The molecule has 0 aromatic heterocycles. The van der Waals surface area contributed by atoms with Gasteiger partial charge in [0.25, 0.3) is 0 Å². The Hall–Kier alpha value is -1.13. The van der Waals surface area contributed by atoms with E-state index in [9.17, 15) is 9.50 Å². The summed E-state index contributed by atoms with van der Waals surface area (Å²) in [6, 6.07) is 6.12. The van der Waals surface area contributed by atoms with Gasteiger partial charge in [-0.25, -0.2) is 4.39 Å². The zero-order valence-electron chi connectivity index (χ0n) is 12.7. The molecule has 0 bridgehead atoms. The minimum Gasteiger partial charge on any atom is -0.391 e. The van der Waals surface area contributed by atoms with Crippen LogP contribution < -0.4 is 10.2 Å². The molecule has 0 radical (unpaired) electrons. The van der Waals surface area contributed by atoms with Crippen molar-refractivity contribution in [3.8, 4) is 0 Å². The molecule has 0 heterocycles. The molecule has 1 aromatic carbocycles. The first-order valence-corrected chi connectivity index (χ1v) is 8.08. The maximum atomic E-state index is 14.4. The number of benzene rings is 1. The SMILES string of the molecule is CN(c1ccc(CNC2CC2)cc1F)C1CCCCC1O. The monoisotopic (exact) mass is 292 g/mol. The number of likely N-dealkylation sites (N-methyl/N-ethyl adjacent to an activating group) is 1. The Morgan fingerprint density at radius 3 is 2.67 bits per heavy atom. The average Bonchev–Trinajstić information content (AvgIpc) is 3.29. The molecule has 2 saturated carbocycles. The molecule has 0 amide bonds. The van der Waals surface area contributed by atoms with E-state index in [2.05, 4.69) is 5.32 Å². The summed E-state index contributed by atoms with van der Waals surface area (Å²) in [6.45, 7) is 0.734. The number of hydrogen-bond donors (Lipinski definition) is 2. The molecule has 3 rings (SSSR count). The molecular formula is C17H25FN2O. The van der Waals surface area contributed by atoms with Crippen LogP contribution in [0.15, 0.2) is 18.2 Å². The van der Waals surface area contributed by atoms with Crippen molar-refractivity contribution >= 4 is 5.69 Å². The molecule has 116 valence electrons. The van der Waals surface area contributed by atoms with Gasteiger partial charge in [0, 0.05) is 19.6 Å². The number of nitrogens with zero attached hydrogens (tertiary/aromatic N) is 1. The van der Waals surface area contributed by atoms with Crippen LogP contribution in [0.5, 0.6) is 0 Å². The first kappa shape index (κ1) is 14.8. The van der Waals surface area contributed by atoms with Crippen molar-refractivity contribution in [1.29, 1.82) is 0 Å². The molecule has 2 aliphatic rings. The predicted octanol–water partition coefficient (Wildman–Crippen LogP) is 2.82. The van der Waals surface area contributed by atoms with Crippen LogP contribution in [0.4, 0.5) is 10.1 Å². The molecule has 1 aromatic rings. The van der Waals surface area contributed by atoms with E-state index in [4.69, 9.17) is 0 Å². The van der Waals surface area contributed by atoms with Crippen LogP contribution in [0, 0.1) is 5.82 Å². The van der Waals surface area contributed by atoms with Crippen molar-refractivity contribution in [2.75, 3.05) is 11.9 Å². The fraction of sp³-hybridized carbons (Fsp3) is 0.647. The Morgan fingerprint density at radius 2 is 2.00 bits per heavy atom. The molecular weight excluding hydrogens is 267 g/mol. The van der Waals surface area contributed by atoms with Crippen LogP contribution in [-0.2, 0) is 6.54 Å². The fourth-order valence-corrected chi connectivity index (χ4v) is 3.22. The van der Waals surface area contributed by atoms with Crippen molar-refractivity contribution < 1.29 is 9.50 Å². The molecule has 0 aliphatic heterocycles. The van der Waals surface area contributed by atoms with Gasteiger partial charge in [0.2, 0.25) is 0 Å².